The Balaban J connectivity index is 1.38. The number of esters is 1. The van der Waals surface area contributed by atoms with Crippen molar-refractivity contribution in [3.8, 4) is 5.75 Å². The van der Waals surface area contributed by atoms with Gasteiger partial charge in [-0.1, -0.05) is 6.07 Å². The molecule has 1 aromatic carbocycles. The van der Waals surface area contributed by atoms with Crippen molar-refractivity contribution in [2.75, 3.05) is 7.11 Å². The van der Waals surface area contributed by atoms with Gasteiger partial charge in [0.05, 0.1) is 18.9 Å². The molecular weight excluding hydrogens is 395 g/mol. The molecule has 4 rings (SSSR count). The van der Waals surface area contributed by atoms with E-state index in [2.05, 4.69) is 9.97 Å². The van der Waals surface area contributed by atoms with Gasteiger partial charge in [0, 0.05) is 11.3 Å². The standard InChI is InChI=1S/C21H21FN2O4S/c1-27-15-7-6-12(10-14(15)22)11-28-18(25)9-8-17-23-20(26)19-13-4-2-3-5-16(13)29-21(19)24-17/h6-7,10H,2-5,8-9,11H2,1H3,(H,23,24,26). The van der Waals surface area contributed by atoms with E-state index < -0.39 is 11.8 Å². The van der Waals surface area contributed by atoms with E-state index in [-0.39, 0.29) is 30.8 Å². The second kappa shape index (κ2) is 8.32. The van der Waals surface area contributed by atoms with Crippen LogP contribution >= 0.6 is 11.3 Å². The lowest BCUT2D eigenvalue weighted by Gasteiger charge is -2.09. The molecule has 29 heavy (non-hydrogen) atoms. The number of thiophene rings is 1. The van der Waals surface area contributed by atoms with Crippen LogP contribution in [-0.2, 0) is 35.4 Å². The van der Waals surface area contributed by atoms with Gasteiger partial charge in [-0.25, -0.2) is 9.37 Å². The maximum Gasteiger partial charge on any atom is 0.306 e. The van der Waals surface area contributed by atoms with Gasteiger partial charge in [-0.05, 0) is 48.9 Å². The van der Waals surface area contributed by atoms with Crippen molar-refractivity contribution in [1.82, 2.24) is 9.97 Å². The predicted octanol–water partition coefficient (Wildman–Crippen LogP) is 3.69. The molecule has 0 fully saturated rings. The number of aromatic nitrogens is 2. The van der Waals surface area contributed by atoms with E-state index in [1.165, 1.54) is 24.1 Å². The first-order valence-corrected chi connectivity index (χ1v) is 10.4. The molecule has 2 aromatic heterocycles. The molecule has 8 heteroatoms. The fourth-order valence-electron chi connectivity index (χ4n) is 3.58. The molecule has 152 valence electrons. The zero-order chi connectivity index (χ0) is 20.4. The van der Waals surface area contributed by atoms with E-state index in [9.17, 15) is 14.0 Å². The Morgan fingerprint density at radius 1 is 1.31 bits per heavy atom. The maximum atomic E-state index is 13.7. The topological polar surface area (TPSA) is 81.3 Å². The highest BCUT2D eigenvalue weighted by Crippen LogP contribution is 2.33. The number of fused-ring (bicyclic) bond motifs is 3. The second-order valence-corrected chi connectivity index (χ2v) is 8.12. The molecule has 0 bridgehead atoms. The van der Waals surface area contributed by atoms with Gasteiger partial charge in [0.1, 0.15) is 17.3 Å². The van der Waals surface area contributed by atoms with Crippen molar-refractivity contribution in [1.29, 1.82) is 0 Å². The summed E-state index contributed by atoms with van der Waals surface area (Å²) in [7, 11) is 1.39. The van der Waals surface area contributed by atoms with Gasteiger partial charge in [0.25, 0.3) is 5.56 Å². The third-order valence-electron chi connectivity index (χ3n) is 5.06. The van der Waals surface area contributed by atoms with Crippen LogP contribution in [0.25, 0.3) is 10.2 Å². The van der Waals surface area contributed by atoms with Crippen LogP contribution in [0.1, 0.15) is 41.1 Å². The summed E-state index contributed by atoms with van der Waals surface area (Å²) in [5.74, 6) is -0.321. The maximum absolute atomic E-state index is 13.7. The van der Waals surface area contributed by atoms with Gasteiger partial charge in [-0.15, -0.1) is 11.3 Å². The second-order valence-electron chi connectivity index (χ2n) is 7.03. The minimum absolute atomic E-state index is 0.0274. The Hall–Kier alpha value is -2.74. The molecule has 0 unspecified atom stereocenters. The number of ether oxygens (including phenoxy) is 2. The van der Waals surface area contributed by atoms with Crippen molar-refractivity contribution in [2.24, 2.45) is 0 Å². The molecule has 0 aliphatic heterocycles. The number of nitrogens with zero attached hydrogens (tertiary/aromatic N) is 1. The molecular formula is C21H21FN2O4S. The predicted molar refractivity (Wildman–Crippen MR) is 108 cm³/mol. The molecule has 1 aliphatic carbocycles. The number of hydrogen-bond acceptors (Lipinski definition) is 6. The number of nitrogens with one attached hydrogen (secondary N) is 1. The van der Waals surface area contributed by atoms with Crippen LogP contribution < -0.4 is 10.3 Å². The smallest absolute Gasteiger partial charge is 0.306 e. The number of carbonyl (C=O) groups is 1. The molecule has 0 atom stereocenters. The number of rotatable bonds is 6. The van der Waals surface area contributed by atoms with Crippen molar-refractivity contribution < 1.29 is 18.7 Å². The number of benzene rings is 1. The molecule has 0 spiro atoms. The Bertz CT molecular complexity index is 1120. The van der Waals surface area contributed by atoms with Crippen molar-refractivity contribution >= 4 is 27.5 Å². The average molecular weight is 416 g/mol. The number of halogens is 1. The SMILES string of the molecule is COc1ccc(COC(=O)CCc2nc3sc4c(c3c(=O)[nH]2)CCCC4)cc1F. The van der Waals surface area contributed by atoms with Gasteiger partial charge in [-0.3, -0.25) is 9.59 Å². The monoisotopic (exact) mass is 416 g/mol. The fraction of sp³-hybridized carbons (Fsp3) is 0.381. The molecule has 0 saturated heterocycles. The summed E-state index contributed by atoms with van der Waals surface area (Å²) in [5, 5.41) is 0.706. The lowest BCUT2D eigenvalue weighted by Crippen LogP contribution is -2.14. The highest BCUT2D eigenvalue weighted by molar-refractivity contribution is 7.18. The van der Waals surface area contributed by atoms with Gasteiger partial charge in [-0.2, -0.15) is 0 Å². The van der Waals surface area contributed by atoms with E-state index in [0.717, 1.165) is 36.1 Å². The van der Waals surface area contributed by atoms with Crippen LogP contribution in [0, 0.1) is 5.82 Å². The zero-order valence-electron chi connectivity index (χ0n) is 16.0. The van der Waals surface area contributed by atoms with Gasteiger partial charge in [0.2, 0.25) is 0 Å². The third kappa shape index (κ3) is 4.17. The summed E-state index contributed by atoms with van der Waals surface area (Å²) in [5.41, 5.74) is 1.54. The largest absolute Gasteiger partial charge is 0.494 e. The number of methoxy groups -OCH3 is 1. The van der Waals surface area contributed by atoms with Crippen LogP contribution in [0.2, 0.25) is 0 Å². The normalized spacial score (nSPS) is 13.3. The quantitative estimate of drug-likeness (QED) is 0.620. The first-order chi connectivity index (χ1) is 14.0. The number of H-pyrrole nitrogens is 1. The van der Waals surface area contributed by atoms with Crippen LogP contribution in [0.5, 0.6) is 5.75 Å². The van der Waals surface area contributed by atoms with Crippen molar-refractivity contribution in [3.05, 3.63) is 56.2 Å². The zero-order valence-corrected chi connectivity index (χ0v) is 16.9. The van der Waals surface area contributed by atoms with E-state index >= 15 is 0 Å². The van der Waals surface area contributed by atoms with Crippen LogP contribution in [-0.4, -0.2) is 23.0 Å². The Morgan fingerprint density at radius 3 is 2.93 bits per heavy atom. The van der Waals surface area contributed by atoms with Crippen molar-refractivity contribution in [3.63, 3.8) is 0 Å². The number of aromatic amines is 1. The summed E-state index contributed by atoms with van der Waals surface area (Å²) in [6.07, 6.45) is 4.54. The van der Waals surface area contributed by atoms with Crippen LogP contribution in [0.3, 0.4) is 0 Å². The first-order valence-electron chi connectivity index (χ1n) is 9.56. The van der Waals surface area contributed by atoms with Crippen LogP contribution in [0.4, 0.5) is 4.39 Å². The number of aryl methyl sites for hydroxylation is 3. The molecule has 0 radical (unpaired) electrons. The minimum Gasteiger partial charge on any atom is -0.494 e. The Morgan fingerprint density at radius 2 is 2.14 bits per heavy atom. The van der Waals surface area contributed by atoms with Gasteiger partial charge >= 0.3 is 5.97 Å². The molecule has 1 aliphatic rings. The summed E-state index contributed by atoms with van der Waals surface area (Å²) in [6, 6.07) is 4.40. The lowest BCUT2D eigenvalue weighted by atomic mass is 9.97. The number of hydrogen-bond donors (Lipinski definition) is 1. The van der Waals surface area contributed by atoms with E-state index in [4.69, 9.17) is 9.47 Å². The Kier molecular flexibility index (Phi) is 5.62. The van der Waals surface area contributed by atoms with Gasteiger partial charge in [0.15, 0.2) is 11.6 Å². The highest BCUT2D eigenvalue weighted by atomic mass is 32.1. The molecule has 6 nitrogen and oxygen atoms in total. The summed E-state index contributed by atoms with van der Waals surface area (Å²) in [4.78, 5) is 33.9. The fourth-order valence-corrected chi connectivity index (χ4v) is 4.86. The molecule has 0 saturated carbocycles. The number of carbonyl (C=O) groups excluding carboxylic acids is 1. The first kappa shape index (κ1) is 19.6. The van der Waals surface area contributed by atoms with E-state index in [1.54, 1.807) is 17.4 Å². The molecule has 2 heterocycles. The lowest BCUT2D eigenvalue weighted by molar-refractivity contribution is -0.144. The molecule has 0 amide bonds. The Labute approximate surface area is 170 Å². The minimum atomic E-state index is -0.505. The summed E-state index contributed by atoms with van der Waals surface area (Å²) >= 11 is 1.58. The molecule has 1 N–H and O–H groups in total. The summed E-state index contributed by atoms with van der Waals surface area (Å²) < 4.78 is 23.7. The van der Waals surface area contributed by atoms with E-state index in [1.807, 2.05) is 0 Å². The average Bonchev–Trinajstić information content (AvgIpc) is 3.09. The van der Waals surface area contributed by atoms with Crippen molar-refractivity contribution in [2.45, 2.75) is 45.1 Å². The third-order valence-corrected chi connectivity index (χ3v) is 6.24. The van der Waals surface area contributed by atoms with Crippen LogP contribution in [0.15, 0.2) is 23.0 Å². The van der Waals surface area contributed by atoms with Gasteiger partial charge < -0.3 is 14.5 Å². The molecule has 3 aromatic rings. The summed E-state index contributed by atoms with van der Waals surface area (Å²) in [6.45, 7) is -0.0274. The van der Waals surface area contributed by atoms with E-state index in [0.29, 0.717) is 16.8 Å². The highest BCUT2D eigenvalue weighted by Gasteiger charge is 2.20.